The normalized spacial score (nSPS) is 19.5. The molecule has 0 amide bonds. The van der Waals surface area contributed by atoms with E-state index in [0.29, 0.717) is 6.10 Å². The molecule has 1 aromatic rings. The largest absolute Gasteiger partial charge is 0.378 e. The Morgan fingerprint density at radius 1 is 1.47 bits per heavy atom. The molecule has 1 aliphatic heterocycles. The van der Waals surface area contributed by atoms with Crippen LogP contribution in [-0.4, -0.2) is 29.2 Å². The van der Waals surface area contributed by atoms with Crippen molar-refractivity contribution in [1.82, 2.24) is 9.97 Å². The third kappa shape index (κ3) is 3.66. The molecule has 4 nitrogen and oxygen atoms in total. The lowest BCUT2D eigenvalue weighted by molar-refractivity contribution is 0.107. The van der Waals surface area contributed by atoms with Crippen LogP contribution in [0.1, 0.15) is 37.7 Å². The zero-order valence-corrected chi connectivity index (χ0v) is 10.7. The summed E-state index contributed by atoms with van der Waals surface area (Å²) in [6.07, 6.45) is 4.85. The van der Waals surface area contributed by atoms with Gasteiger partial charge in [0.25, 0.3) is 0 Å². The van der Waals surface area contributed by atoms with Crippen LogP contribution in [0, 0.1) is 6.92 Å². The van der Waals surface area contributed by atoms with E-state index in [2.05, 4.69) is 22.2 Å². The Morgan fingerprint density at radius 2 is 2.35 bits per heavy atom. The zero-order chi connectivity index (χ0) is 12.1. The molecule has 0 saturated carbocycles. The molecule has 1 fully saturated rings. The highest BCUT2D eigenvalue weighted by Gasteiger charge is 2.14. The maximum atomic E-state index is 5.59. The quantitative estimate of drug-likeness (QED) is 0.851. The SMILES string of the molecule is CCc1cc(NCCC2CCCO2)nc(C)n1. The second kappa shape index (κ2) is 5.96. The van der Waals surface area contributed by atoms with Crippen molar-refractivity contribution in [3.05, 3.63) is 17.6 Å². The number of nitrogens with zero attached hydrogens (tertiary/aromatic N) is 2. The Balaban J connectivity index is 1.83. The monoisotopic (exact) mass is 235 g/mol. The summed E-state index contributed by atoms with van der Waals surface area (Å²) in [6.45, 7) is 5.89. The third-order valence-electron chi connectivity index (χ3n) is 3.05. The van der Waals surface area contributed by atoms with Gasteiger partial charge in [-0.15, -0.1) is 0 Å². The first-order chi connectivity index (χ1) is 8.28. The van der Waals surface area contributed by atoms with Gasteiger partial charge < -0.3 is 10.1 Å². The predicted molar refractivity (Wildman–Crippen MR) is 68.2 cm³/mol. The summed E-state index contributed by atoms with van der Waals surface area (Å²) in [5, 5.41) is 3.36. The average molecular weight is 235 g/mol. The summed E-state index contributed by atoms with van der Waals surface area (Å²) in [5.74, 6) is 1.77. The highest BCUT2D eigenvalue weighted by atomic mass is 16.5. The van der Waals surface area contributed by atoms with E-state index in [0.717, 1.165) is 43.3 Å². The molecule has 17 heavy (non-hydrogen) atoms. The number of hydrogen-bond donors (Lipinski definition) is 1. The van der Waals surface area contributed by atoms with Crippen LogP contribution in [0.25, 0.3) is 0 Å². The molecule has 0 radical (unpaired) electrons. The minimum absolute atomic E-state index is 0.441. The molecule has 0 aliphatic carbocycles. The molecule has 2 rings (SSSR count). The van der Waals surface area contributed by atoms with E-state index >= 15 is 0 Å². The van der Waals surface area contributed by atoms with E-state index in [-0.39, 0.29) is 0 Å². The van der Waals surface area contributed by atoms with E-state index in [1.54, 1.807) is 0 Å². The Hall–Kier alpha value is -1.16. The summed E-state index contributed by atoms with van der Waals surface area (Å²) in [6, 6.07) is 2.03. The van der Waals surface area contributed by atoms with Gasteiger partial charge in [0, 0.05) is 24.9 Å². The zero-order valence-electron chi connectivity index (χ0n) is 10.7. The van der Waals surface area contributed by atoms with Crippen LogP contribution in [0.15, 0.2) is 6.07 Å². The molecule has 1 saturated heterocycles. The van der Waals surface area contributed by atoms with Gasteiger partial charge in [-0.25, -0.2) is 9.97 Å². The molecule has 2 heterocycles. The van der Waals surface area contributed by atoms with E-state index in [9.17, 15) is 0 Å². The Bertz CT molecular complexity index is 362. The summed E-state index contributed by atoms with van der Waals surface area (Å²) < 4.78 is 5.59. The minimum atomic E-state index is 0.441. The maximum Gasteiger partial charge on any atom is 0.129 e. The van der Waals surface area contributed by atoms with Gasteiger partial charge >= 0.3 is 0 Å². The second-order valence-electron chi connectivity index (χ2n) is 4.50. The Kier molecular flexibility index (Phi) is 4.31. The van der Waals surface area contributed by atoms with Crippen molar-refractivity contribution < 1.29 is 4.74 Å². The molecule has 1 unspecified atom stereocenters. The highest BCUT2D eigenvalue weighted by molar-refractivity contribution is 5.35. The molecule has 4 heteroatoms. The first-order valence-electron chi connectivity index (χ1n) is 6.48. The third-order valence-corrected chi connectivity index (χ3v) is 3.05. The molecule has 0 spiro atoms. The van der Waals surface area contributed by atoms with Crippen LogP contribution in [0.2, 0.25) is 0 Å². The van der Waals surface area contributed by atoms with Crippen molar-refractivity contribution in [1.29, 1.82) is 0 Å². The van der Waals surface area contributed by atoms with Gasteiger partial charge in [0.15, 0.2) is 0 Å². The number of ether oxygens (including phenoxy) is 1. The first-order valence-corrected chi connectivity index (χ1v) is 6.48. The van der Waals surface area contributed by atoms with Crippen molar-refractivity contribution in [3.8, 4) is 0 Å². The topological polar surface area (TPSA) is 47.0 Å². The number of aromatic nitrogens is 2. The first kappa shape index (κ1) is 12.3. The number of nitrogens with one attached hydrogen (secondary N) is 1. The van der Waals surface area contributed by atoms with Crippen molar-refractivity contribution in [2.45, 2.75) is 45.6 Å². The fourth-order valence-electron chi connectivity index (χ4n) is 2.13. The molecular formula is C13H21N3O. The maximum absolute atomic E-state index is 5.59. The molecule has 0 bridgehead atoms. The van der Waals surface area contributed by atoms with E-state index in [4.69, 9.17) is 4.74 Å². The van der Waals surface area contributed by atoms with Crippen molar-refractivity contribution in [2.75, 3.05) is 18.5 Å². The number of hydrogen-bond acceptors (Lipinski definition) is 4. The van der Waals surface area contributed by atoms with Gasteiger partial charge in [0.2, 0.25) is 0 Å². The van der Waals surface area contributed by atoms with Gasteiger partial charge in [0.05, 0.1) is 6.10 Å². The summed E-state index contributed by atoms with van der Waals surface area (Å²) >= 11 is 0. The fourth-order valence-corrected chi connectivity index (χ4v) is 2.13. The molecule has 1 aliphatic rings. The van der Waals surface area contributed by atoms with Crippen LogP contribution in [0.5, 0.6) is 0 Å². The highest BCUT2D eigenvalue weighted by Crippen LogP contribution is 2.15. The standard InChI is InChI=1S/C13H21N3O/c1-3-11-9-13(16-10(2)15-11)14-7-6-12-5-4-8-17-12/h9,12H,3-8H2,1-2H3,(H,14,15,16). The fraction of sp³-hybridized carbons (Fsp3) is 0.692. The average Bonchev–Trinajstić information content (AvgIpc) is 2.81. The minimum Gasteiger partial charge on any atom is -0.378 e. The van der Waals surface area contributed by atoms with Crippen LogP contribution in [0.3, 0.4) is 0 Å². The van der Waals surface area contributed by atoms with E-state index in [1.165, 1.54) is 12.8 Å². The van der Waals surface area contributed by atoms with Gasteiger partial charge in [-0.3, -0.25) is 0 Å². The molecular weight excluding hydrogens is 214 g/mol. The summed E-state index contributed by atoms with van der Waals surface area (Å²) in [4.78, 5) is 8.74. The van der Waals surface area contributed by atoms with Gasteiger partial charge in [-0.05, 0) is 32.6 Å². The molecule has 1 N–H and O–H groups in total. The lowest BCUT2D eigenvalue weighted by atomic mass is 10.2. The lowest BCUT2D eigenvalue weighted by Gasteiger charge is -2.11. The Labute approximate surface area is 103 Å². The molecule has 1 atom stereocenters. The molecule has 1 aromatic heterocycles. The van der Waals surface area contributed by atoms with Crippen LogP contribution in [0.4, 0.5) is 5.82 Å². The van der Waals surface area contributed by atoms with E-state index in [1.807, 2.05) is 13.0 Å². The number of rotatable bonds is 5. The van der Waals surface area contributed by atoms with Crippen LogP contribution in [-0.2, 0) is 11.2 Å². The smallest absolute Gasteiger partial charge is 0.129 e. The molecule has 0 aromatic carbocycles. The summed E-state index contributed by atoms with van der Waals surface area (Å²) in [5.41, 5.74) is 1.09. The van der Waals surface area contributed by atoms with Crippen molar-refractivity contribution in [3.63, 3.8) is 0 Å². The lowest BCUT2D eigenvalue weighted by Crippen LogP contribution is -2.13. The second-order valence-corrected chi connectivity index (χ2v) is 4.50. The summed E-state index contributed by atoms with van der Waals surface area (Å²) in [7, 11) is 0. The van der Waals surface area contributed by atoms with Gasteiger partial charge in [0.1, 0.15) is 11.6 Å². The van der Waals surface area contributed by atoms with E-state index < -0.39 is 0 Å². The number of anilines is 1. The van der Waals surface area contributed by atoms with Gasteiger partial charge in [-0.2, -0.15) is 0 Å². The van der Waals surface area contributed by atoms with Crippen molar-refractivity contribution in [2.24, 2.45) is 0 Å². The van der Waals surface area contributed by atoms with Gasteiger partial charge in [-0.1, -0.05) is 6.92 Å². The van der Waals surface area contributed by atoms with Crippen molar-refractivity contribution >= 4 is 5.82 Å². The Morgan fingerprint density at radius 3 is 3.06 bits per heavy atom. The predicted octanol–water partition coefficient (Wildman–Crippen LogP) is 2.33. The molecule has 94 valence electrons. The van der Waals surface area contributed by atoms with Crippen LogP contribution < -0.4 is 5.32 Å². The number of aryl methyl sites for hydroxylation is 2. The van der Waals surface area contributed by atoms with Crippen LogP contribution >= 0.6 is 0 Å².